The molecule has 2 aromatic rings. The molecule has 2 heterocycles. The molecule has 1 aromatic carbocycles. The Kier molecular flexibility index (Phi) is 6.28. The van der Waals surface area contributed by atoms with Gasteiger partial charge in [-0.15, -0.1) is 0 Å². The number of nitrogens with zero attached hydrogens (tertiary/aromatic N) is 2. The van der Waals surface area contributed by atoms with Gasteiger partial charge >= 0.3 is 0 Å². The van der Waals surface area contributed by atoms with Crippen LogP contribution >= 0.6 is 0 Å². The van der Waals surface area contributed by atoms with Crippen molar-refractivity contribution in [3.63, 3.8) is 0 Å². The van der Waals surface area contributed by atoms with Crippen molar-refractivity contribution in [2.45, 2.75) is 18.4 Å². The normalized spacial score (nSPS) is 15.2. The van der Waals surface area contributed by atoms with Crippen molar-refractivity contribution in [3.05, 3.63) is 48.3 Å². The molecular formula is C19H24N3O5S+. The number of benzene rings is 1. The van der Waals surface area contributed by atoms with E-state index in [1.54, 1.807) is 12.1 Å². The Balaban J connectivity index is 1.82. The third-order valence-corrected chi connectivity index (χ3v) is 6.44. The fourth-order valence-corrected chi connectivity index (χ4v) is 4.57. The van der Waals surface area contributed by atoms with Crippen molar-refractivity contribution in [1.29, 1.82) is 0 Å². The third kappa shape index (κ3) is 4.49. The molecule has 1 aliphatic heterocycles. The molecule has 0 aliphatic carbocycles. The van der Waals surface area contributed by atoms with Gasteiger partial charge in [-0.05, 0) is 18.2 Å². The summed E-state index contributed by atoms with van der Waals surface area (Å²) in [5, 5.41) is 2.76. The number of hydrogen-bond donors (Lipinski definition) is 1. The van der Waals surface area contributed by atoms with E-state index in [1.807, 2.05) is 35.9 Å². The number of carbonyl (C=O) groups is 1. The number of aryl methyl sites for hydroxylation is 1. The molecular weight excluding hydrogens is 382 g/mol. The molecule has 1 amide bonds. The predicted octanol–water partition coefficient (Wildman–Crippen LogP) is 0.951. The van der Waals surface area contributed by atoms with Crippen LogP contribution in [0.2, 0.25) is 0 Å². The van der Waals surface area contributed by atoms with Crippen molar-refractivity contribution in [2.75, 3.05) is 38.7 Å². The minimum atomic E-state index is -3.76. The molecule has 0 atom stereocenters. The number of carbonyl (C=O) groups excluding carboxylic acids is 1. The maximum absolute atomic E-state index is 13.0. The van der Waals surface area contributed by atoms with Gasteiger partial charge in [0.2, 0.25) is 16.6 Å². The Bertz CT molecular complexity index is 956. The molecule has 0 bridgehead atoms. The molecule has 1 aliphatic rings. The molecule has 1 N–H and O–H groups in total. The van der Waals surface area contributed by atoms with Crippen molar-refractivity contribution < 1.29 is 27.3 Å². The van der Waals surface area contributed by atoms with Crippen LogP contribution in [0.25, 0.3) is 0 Å². The van der Waals surface area contributed by atoms with Gasteiger partial charge in [-0.1, -0.05) is 6.07 Å². The molecule has 0 radical (unpaired) electrons. The van der Waals surface area contributed by atoms with E-state index in [0.717, 1.165) is 5.69 Å². The lowest BCUT2D eigenvalue weighted by molar-refractivity contribution is -0.690. The molecule has 8 nitrogen and oxygen atoms in total. The highest BCUT2D eigenvalue weighted by Crippen LogP contribution is 2.30. The van der Waals surface area contributed by atoms with Crippen LogP contribution in [0.15, 0.2) is 47.5 Å². The molecule has 1 fully saturated rings. The second kappa shape index (κ2) is 8.68. The number of anilines is 1. The quantitative estimate of drug-likeness (QED) is 0.722. The average molecular weight is 406 g/mol. The first-order valence-corrected chi connectivity index (χ1v) is 10.4. The number of morpholine rings is 1. The van der Waals surface area contributed by atoms with Crippen LogP contribution in [0, 0.1) is 6.92 Å². The molecule has 28 heavy (non-hydrogen) atoms. The molecule has 0 saturated carbocycles. The number of methoxy groups -OCH3 is 1. The summed E-state index contributed by atoms with van der Waals surface area (Å²) in [6, 6.07) is 10.3. The van der Waals surface area contributed by atoms with E-state index in [1.165, 1.54) is 17.5 Å². The van der Waals surface area contributed by atoms with Crippen LogP contribution in [0.1, 0.15) is 5.69 Å². The van der Waals surface area contributed by atoms with Gasteiger partial charge in [-0.25, -0.2) is 8.42 Å². The summed E-state index contributed by atoms with van der Waals surface area (Å²) in [5.74, 6) is -0.0167. The van der Waals surface area contributed by atoms with Gasteiger partial charge in [-0.3, -0.25) is 4.79 Å². The largest absolute Gasteiger partial charge is 0.495 e. The van der Waals surface area contributed by atoms with Crippen molar-refractivity contribution in [1.82, 2.24) is 4.31 Å². The van der Waals surface area contributed by atoms with Gasteiger partial charge in [0, 0.05) is 37.8 Å². The number of pyridine rings is 1. The topological polar surface area (TPSA) is 88.8 Å². The zero-order valence-corrected chi connectivity index (χ0v) is 16.7. The van der Waals surface area contributed by atoms with Gasteiger partial charge in [0.05, 0.1) is 20.3 Å². The zero-order chi connectivity index (χ0) is 20.1. The van der Waals surface area contributed by atoms with Crippen LogP contribution < -0.4 is 14.6 Å². The van der Waals surface area contributed by atoms with Crippen molar-refractivity contribution >= 4 is 21.6 Å². The second-order valence-electron chi connectivity index (χ2n) is 6.40. The van der Waals surface area contributed by atoms with E-state index in [-0.39, 0.29) is 36.2 Å². The Hall–Kier alpha value is -2.49. The minimum Gasteiger partial charge on any atom is -0.495 e. The average Bonchev–Trinajstić information content (AvgIpc) is 2.70. The van der Waals surface area contributed by atoms with Crippen LogP contribution in [0.3, 0.4) is 0 Å². The Morgan fingerprint density at radius 1 is 1.25 bits per heavy atom. The van der Waals surface area contributed by atoms with E-state index in [4.69, 9.17) is 9.47 Å². The Labute approximate surface area is 164 Å². The van der Waals surface area contributed by atoms with Gasteiger partial charge in [0.1, 0.15) is 10.6 Å². The number of nitrogens with one attached hydrogen (secondary N) is 1. The first-order valence-electron chi connectivity index (χ1n) is 8.92. The van der Waals surface area contributed by atoms with Crippen molar-refractivity contribution in [3.8, 4) is 5.75 Å². The number of hydrogen-bond acceptors (Lipinski definition) is 5. The van der Waals surface area contributed by atoms with E-state index < -0.39 is 10.0 Å². The molecule has 0 unspecified atom stereocenters. The molecule has 1 aromatic heterocycles. The summed E-state index contributed by atoms with van der Waals surface area (Å²) < 4.78 is 39.7. The highest BCUT2D eigenvalue weighted by atomic mass is 32.2. The number of amides is 1. The number of ether oxygens (including phenoxy) is 2. The van der Waals surface area contributed by atoms with Gasteiger partial charge < -0.3 is 14.8 Å². The lowest BCUT2D eigenvalue weighted by Crippen LogP contribution is -2.42. The minimum absolute atomic E-state index is 0.0262. The van der Waals surface area contributed by atoms with Gasteiger partial charge in [-0.2, -0.15) is 8.87 Å². The summed E-state index contributed by atoms with van der Waals surface area (Å²) in [5.41, 5.74) is 1.34. The first kappa shape index (κ1) is 20.2. The van der Waals surface area contributed by atoms with Crippen LogP contribution in [-0.2, 0) is 26.1 Å². The van der Waals surface area contributed by atoms with Crippen molar-refractivity contribution in [2.24, 2.45) is 0 Å². The maximum atomic E-state index is 13.0. The SMILES string of the molecule is COc1ccc(NC(=O)C[n+]2ccccc2C)cc1S(=O)(=O)N1CCOCC1. The Morgan fingerprint density at radius 2 is 2.00 bits per heavy atom. The fraction of sp³-hybridized carbons (Fsp3) is 0.368. The summed E-state index contributed by atoms with van der Waals surface area (Å²) in [4.78, 5) is 12.4. The summed E-state index contributed by atoms with van der Waals surface area (Å²) >= 11 is 0. The maximum Gasteiger partial charge on any atom is 0.290 e. The molecule has 9 heteroatoms. The smallest absolute Gasteiger partial charge is 0.290 e. The monoisotopic (exact) mass is 406 g/mol. The van der Waals surface area contributed by atoms with Crippen LogP contribution in [0.5, 0.6) is 5.75 Å². The second-order valence-corrected chi connectivity index (χ2v) is 8.31. The van der Waals surface area contributed by atoms with Crippen LogP contribution in [-0.4, -0.2) is 52.0 Å². The number of aromatic nitrogens is 1. The van der Waals surface area contributed by atoms with Gasteiger partial charge in [0.15, 0.2) is 11.9 Å². The number of rotatable bonds is 6. The highest BCUT2D eigenvalue weighted by Gasteiger charge is 2.29. The summed E-state index contributed by atoms with van der Waals surface area (Å²) in [7, 11) is -2.34. The zero-order valence-electron chi connectivity index (χ0n) is 15.9. The van der Waals surface area contributed by atoms with E-state index >= 15 is 0 Å². The van der Waals surface area contributed by atoms with Gasteiger partial charge in [0.25, 0.3) is 5.91 Å². The fourth-order valence-electron chi connectivity index (χ4n) is 2.98. The molecule has 150 valence electrons. The van der Waals surface area contributed by atoms with Crippen LogP contribution in [0.4, 0.5) is 5.69 Å². The third-order valence-electron chi connectivity index (χ3n) is 4.52. The first-order chi connectivity index (χ1) is 13.4. The standard InChI is InChI=1S/C19H23N3O5S/c1-15-5-3-4-8-21(15)14-19(23)20-16-6-7-17(26-2)18(13-16)28(24,25)22-9-11-27-12-10-22/h3-8,13H,9-12,14H2,1-2H3/p+1. The highest BCUT2D eigenvalue weighted by molar-refractivity contribution is 7.89. The van der Waals surface area contributed by atoms with E-state index in [2.05, 4.69) is 5.32 Å². The van der Waals surface area contributed by atoms with E-state index in [0.29, 0.717) is 18.9 Å². The lowest BCUT2D eigenvalue weighted by Gasteiger charge is -2.26. The summed E-state index contributed by atoms with van der Waals surface area (Å²) in [6.45, 7) is 3.31. The molecule has 1 saturated heterocycles. The Morgan fingerprint density at radius 3 is 2.68 bits per heavy atom. The summed E-state index contributed by atoms with van der Waals surface area (Å²) in [6.07, 6.45) is 1.82. The predicted molar refractivity (Wildman–Crippen MR) is 103 cm³/mol. The number of sulfonamides is 1. The molecule has 0 spiro atoms. The molecule has 3 rings (SSSR count). The van der Waals surface area contributed by atoms with E-state index in [9.17, 15) is 13.2 Å². The lowest BCUT2D eigenvalue weighted by atomic mass is 10.3.